The van der Waals surface area contributed by atoms with Crippen molar-refractivity contribution in [2.45, 2.75) is 39.4 Å². The Bertz CT molecular complexity index is 607. The third-order valence-corrected chi connectivity index (χ3v) is 3.90. The van der Waals surface area contributed by atoms with Crippen molar-refractivity contribution < 1.29 is 9.21 Å². The van der Waals surface area contributed by atoms with Crippen LogP contribution in [-0.4, -0.2) is 23.9 Å². The number of carbonyl (C=O) groups is 1. The van der Waals surface area contributed by atoms with E-state index in [9.17, 15) is 4.79 Å². The van der Waals surface area contributed by atoms with E-state index in [1.165, 1.54) is 0 Å². The first-order chi connectivity index (χ1) is 10.5. The maximum absolute atomic E-state index is 12.4. The second-order valence-electron chi connectivity index (χ2n) is 5.74. The summed E-state index contributed by atoms with van der Waals surface area (Å²) >= 11 is 0. The summed E-state index contributed by atoms with van der Waals surface area (Å²) in [6.45, 7) is 6.43. The second kappa shape index (κ2) is 7.27. The van der Waals surface area contributed by atoms with Crippen LogP contribution >= 0.6 is 0 Å². The number of amides is 1. The van der Waals surface area contributed by atoms with Gasteiger partial charge in [0.25, 0.3) is 0 Å². The molecule has 0 radical (unpaired) electrons. The van der Waals surface area contributed by atoms with E-state index in [0.717, 1.165) is 17.1 Å². The highest BCUT2D eigenvalue weighted by Crippen LogP contribution is 2.13. The van der Waals surface area contributed by atoms with Crippen LogP contribution in [0.5, 0.6) is 0 Å². The van der Waals surface area contributed by atoms with Crippen LogP contribution in [0.2, 0.25) is 0 Å². The number of nitrogens with one attached hydrogen (secondary N) is 1. The summed E-state index contributed by atoms with van der Waals surface area (Å²) in [6, 6.07) is 13.6. The fourth-order valence-corrected chi connectivity index (χ4v) is 2.31. The molecule has 0 saturated carbocycles. The normalized spacial score (nSPS) is 13.9. The Labute approximate surface area is 132 Å². The van der Waals surface area contributed by atoms with Gasteiger partial charge in [0.1, 0.15) is 11.5 Å². The quantitative estimate of drug-likeness (QED) is 0.890. The molecule has 4 heteroatoms. The number of nitrogens with zero attached hydrogens (tertiary/aromatic N) is 1. The lowest BCUT2D eigenvalue weighted by Gasteiger charge is -2.25. The third kappa shape index (κ3) is 4.21. The number of benzene rings is 1. The first-order valence-corrected chi connectivity index (χ1v) is 7.58. The van der Waals surface area contributed by atoms with Crippen LogP contribution in [0.25, 0.3) is 0 Å². The van der Waals surface area contributed by atoms with Gasteiger partial charge in [-0.2, -0.15) is 0 Å². The van der Waals surface area contributed by atoms with Gasteiger partial charge in [0.05, 0.1) is 18.6 Å². The van der Waals surface area contributed by atoms with Crippen molar-refractivity contribution in [3.05, 3.63) is 59.5 Å². The first kappa shape index (κ1) is 16.3. The lowest BCUT2D eigenvalue weighted by atomic mass is 10.1. The molecule has 0 aliphatic heterocycles. The largest absolute Gasteiger partial charge is 0.465 e. The number of furan rings is 1. The minimum Gasteiger partial charge on any atom is -0.465 e. The molecule has 1 aromatic heterocycles. The lowest BCUT2D eigenvalue weighted by molar-refractivity contribution is -0.126. The van der Waals surface area contributed by atoms with Crippen LogP contribution in [0.3, 0.4) is 0 Å². The minimum atomic E-state index is -0.225. The van der Waals surface area contributed by atoms with Gasteiger partial charge >= 0.3 is 0 Å². The van der Waals surface area contributed by atoms with Crippen LogP contribution < -0.4 is 5.32 Å². The number of hydrogen-bond donors (Lipinski definition) is 1. The Morgan fingerprint density at radius 3 is 2.45 bits per heavy atom. The molecule has 1 N–H and O–H groups in total. The van der Waals surface area contributed by atoms with E-state index in [-0.39, 0.29) is 18.0 Å². The van der Waals surface area contributed by atoms with Crippen molar-refractivity contribution in [3.8, 4) is 0 Å². The molecule has 0 bridgehead atoms. The van der Waals surface area contributed by atoms with Gasteiger partial charge < -0.3 is 9.73 Å². The third-order valence-electron chi connectivity index (χ3n) is 3.90. The Kier molecular flexibility index (Phi) is 5.39. The van der Waals surface area contributed by atoms with Crippen LogP contribution in [-0.2, 0) is 11.3 Å². The molecule has 0 spiro atoms. The minimum absolute atomic E-state index is 0.00425. The molecule has 22 heavy (non-hydrogen) atoms. The maximum atomic E-state index is 12.4. The van der Waals surface area contributed by atoms with E-state index in [1.807, 2.05) is 75.2 Å². The number of aryl methyl sites for hydroxylation is 1. The van der Waals surface area contributed by atoms with Crippen molar-refractivity contribution >= 4 is 5.91 Å². The zero-order valence-corrected chi connectivity index (χ0v) is 13.7. The van der Waals surface area contributed by atoms with Crippen molar-refractivity contribution in [2.75, 3.05) is 7.05 Å². The Balaban J connectivity index is 1.91. The molecule has 1 aromatic carbocycles. The Hall–Kier alpha value is -2.07. The highest BCUT2D eigenvalue weighted by atomic mass is 16.3. The number of likely N-dealkylation sites (N-methyl/N-ethyl adjacent to an activating group) is 1. The molecule has 118 valence electrons. The van der Waals surface area contributed by atoms with E-state index < -0.39 is 0 Å². The fraction of sp³-hybridized carbons (Fsp3) is 0.389. The summed E-state index contributed by atoms with van der Waals surface area (Å²) in [7, 11) is 1.93. The fourth-order valence-electron chi connectivity index (χ4n) is 2.31. The van der Waals surface area contributed by atoms with Crippen molar-refractivity contribution in [3.63, 3.8) is 0 Å². The standard InChI is InChI=1S/C18H24N2O2/c1-13-10-11-17(22-13)12-20(4)15(3)18(21)19-14(2)16-8-6-5-7-9-16/h5-11,14-15H,12H2,1-4H3,(H,19,21)/t14-,15+/m1/s1. The summed E-state index contributed by atoms with van der Waals surface area (Å²) in [5, 5.41) is 3.06. The summed E-state index contributed by atoms with van der Waals surface area (Å²) in [5.41, 5.74) is 1.10. The molecule has 2 rings (SSSR count). The van der Waals surface area contributed by atoms with Gasteiger partial charge in [-0.1, -0.05) is 30.3 Å². The molecule has 1 amide bonds. The summed E-state index contributed by atoms with van der Waals surface area (Å²) in [5.74, 6) is 1.77. The molecule has 0 aliphatic carbocycles. The van der Waals surface area contributed by atoms with E-state index in [1.54, 1.807) is 0 Å². The predicted octanol–water partition coefficient (Wildman–Crippen LogP) is 3.29. The molecule has 0 fully saturated rings. The van der Waals surface area contributed by atoms with Crippen molar-refractivity contribution in [2.24, 2.45) is 0 Å². The van der Waals surface area contributed by atoms with Gasteiger partial charge in [0.2, 0.25) is 5.91 Å². The molecule has 0 saturated heterocycles. The van der Waals surface area contributed by atoms with Gasteiger partial charge in [-0.3, -0.25) is 9.69 Å². The monoisotopic (exact) mass is 300 g/mol. The predicted molar refractivity (Wildman–Crippen MR) is 87.4 cm³/mol. The molecule has 2 atom stereocenters. The van der Waals surface area contributed by atoms with Crippen LogP contribution in [0.4, 0.5) is 0 Å². The molecule has 1 heterocycles. The summed E-state index contributed by atoms with van der Waals surface area (Å²) in [6.07, 6.45) is 0. The van der Waals surface area contributed by atoms with E-state index in [0.29, 0.717) is 6.54 Å². The Morgan fingerprint density at radius 2 is 1.86 bits per heavy atom. The van der Waals surface area contributed by atoms with E-state index >= 15 is 0 Å². The topological polar surface area (TPSA) is 45.5 Å². The average molecular weight is 300 g/mol. The number of hydrogen-bond acceptors (Lipinski definition) is 3. The van der Waals surface area contributed by atoms with Crippen LogP contribution in [0, 0.1) is 6.92 Å². The van der Waals surface area contributed by atoms with Gasteiger partial charge in [-0.25, -0.2) is 0 Å². The molecule has 0 aliphatic rings. The summed E-state index contributed by atoms with van der Waals surface area (Å²) < 4.78 is 5.56. The maximum Gasteiger partial charge on any atom is 0.237 e. The number of carbonyl (C=O) groups excluding carboxylic acids is 1. The molecular weight excluding hydrogens is 276 g/mol. The van der Waals surface area contributed by atoms with Crippen molar-refractivity contribution in [1.82, 2.24) is 10.2 Å². The number of rotatable bonds is 6. The van der Waals surface area contributed by atoms with Crippen LogP contribution in [0.1, 0.15) is 37.0 Å². The van der Waals surface area contributed by atoms with Gasteiger partial charge in [0, 0.05) is 0 Å². The lowest BCUT2D eigenvalue weighted by Crippen LogP contribution is -2.43. The zero-order valence-electron chi connectivity index (χ0n) is 13.7. The summed E-state index contributed by atoms with van der Waals surface area (Å²) in [4.78, 5) is 14.4. The first-order valence-electron chi connectivity index (χ1n) is 7.58. The average Bonchev–Trinajstić information content (AvgIpc) is 2.92. The van der Waals surface area contributed by atoms with Crippen molar-refractivity contribution in [1.29, 1.82) is 0 Å². The molecule has 0 unspecified atom stereocenters. The van der Waals surface area contributed by atoms with Crippen LogP contribution in [0.15, 0.2) is 46.9 Å². The van der Waals surface area contributed by atoms with Gasteiger partial charge in [-0.05, 0) is 45.5 Å². The van der Waals surface area contributed by atoms with E-state index in [2.05, 4.69) is 5.32 Å². The molecule has 2 aromatic rings. The highest BCUT2D eigenvalue weighted by Gasteiger charge is 2.20. The molecular formula is C18H24N2O2. The second-order valence-corrected chi connectivity index (χ2v) is 5.74. The SMILES string of the molecule is Cc1ccc(CN(C)[C@@H](C)C(=O)N[C@H](C)c2ccccc2)o1. The van der Waals surface area contributed by atoms with Gasteiger partial charge in [-0.15, -0.1) is 0 Å². The Morgan fingerprint density at radius 1 is 1.18 bits per heavy atom. The van der Waals surface area contributed by atoms with E-state index in [4.69, 9.17) is 4.42 Å². The molecule has 4 nitrogen and oxygen atoms in total. The smallest absolute Gasteiger partial charge is 0.237 e. The zero-order chi connectivity index (χ0) is 16.1. The highest BCUT2D eigenvalue weighted by molar-refractivity contribution is 5.81. The van der Waals surface area contributed by atoms with Gasteiger partial charge in [0.15, 0.2) is 0 Å².